The lowest BCUT2D eigenvalue weighted by Crippen LogP contribution is -2.49. The first-order chi connectivity index (χ1) is 8.58. The monoisotopic (exact) mass is 262 g/mol. The molecule has 0 aliphatic rings. The zero-order valence-corrected chi connectivity index (χ0v) is 11.9. The van der Waals surface area contributed by atoms with Crippen LogP contribution in [0.25, 0.3) is 0 Å². The molecule has 0 bridgehead atoms. The van der Waals surface area contributed by atoms with E-state index in [-0.39, 0.29) is 5.56 Å². The Morgan fingerprint density at radius 2 is 1.89 bits per heavy atom. The van der Waals surface area contributed by atoms with Crippen LogP contribution in [0.3, 0.4) is 0 Å². The average Bonchev–Trinajstić information content (AvgIpc) is 2.28. The molecule has 1 aromatic carbocycles. The van der Waals surface area contributed by atoms with Crippen molar-refractivity contribution >= 4 is 12.9 Å². The van der Waals surface area contributed by atoms with E-state index in [2.05, 4.69) is 0 Å². The standard InChI is InChI=1S/C14H18BFNO2/c1-9-6-10(8-17)12(16)7-11(9)15-19-14(4,5)13(2,3)18/h6-7,18H,1-5H3. The highest BCUT2D eigenvalue weighted by atomic mass is 19.1. The minimum absolute atomic E-state index is 0.0106. The summed E-state index contributed by atoms with van der Waals surface area (Å²) in [5.41, 5.74) is -0.554. The maximum absolute atomic E-state index is 13.5. The largest absolute Gasteiger partial charge is 0.427 e. The van der Waals surface area contributed by atoms with Gasteiger partial charge in [0.25, 0.3) is 0 Å². The highest BCUT2D eigenvalue weighted by Gasteiger charge is 2.35. The summed E-state index contributed by atoms with van der Waals surface area (Å²) in [4.78, 5) is 0. The van der Waals surface area contributed by atoms with Crippen molar-refractivity contribution in [3.05, 3.63) is 29.1 Å². The van der Waals surface area contributed by atoms with Crippen LogP contribution in [0.5, 0.6) is 0 Å². The van der Waals surface area contributed by atoms with Gasteiger partial charge in [-0.3, -0.25) is 0 Å². The number of hydrogen-bond acceptors (Lipinski definition) is 3. The first kappa shape index (κ1) is 15.7. The molecule has 0 amide bonds. The quantitative estimate of drug-likeness (QED) is 0.842. The van der Waals surface area contributed by atoms with Crippen molar-refractivity contribution < 1.29 is 14.2 Å². The van der Waals surface area contributed by atoms with Crippen molar-refractivity contribution in [3.8, 4) is 6.07 Å². The van der Waals surface area contributed by atoms with Crippen molar-refractivity contribution in [2.45, 2.75) is 45.8 Å². The molecule has 101 valence electrons. The molecule has 1 radical (unpaired) electrons. The predicted molar refractivity (Wildman–Crippen MR) is 72.7 cm³/mol. The molecule has 1 aromatic rings. The molecule has 0 aliphatic carbocycles. The van der Waals surface area contributed by atoms with Crippen molar-refractivity contribution in [2.24, 2.45) is 0 Å². The smallest absolute Gasteiger partial charge is 0.331 e. The Kier molecular flexibility index (Phi) is 4.39. The van der Waals surface area contributed by atoms with Gasteiger partial charge in [-0.1, -0.05) is 5.56 Å². The van der Waals surface area contributed by atoms with Gasteiger partial charge in [-0.15, -0.1) is 0 Å². The Labute approximate surface area is 114 Å². The molecule has 0 unspecified atom stereocenters. The molecule has 0 aliphatic heterocycles. The minimum atomic E-state index is -1.04. The number of aryl methyl sites for hydroxylation is 1. The molecule has 0 aromatic heterocycles. The number of halogens is 1. The number of aliphatic hydroxyl groups is 1. The average molecular weight is 262 g/mol. The van der Waals surface area contributed by atoms with E-state index in [1.54, 1.807) is 40.7 Å². The van der Waals surface area contributed by atoms with Gasteiger partial charge >= 0.3 is 7.48 Å². The Bertz CT molecular complexity index is 515. The lowest BCUT2D eigenvalue weighted by atomic mass is 9.80. The first-order valence-electron chi connectivity index (χ1n) is 6.02. The Hall–Kier alpha value is -1.38. The number of hydrogen-bond donors (Lipinski definition) is 1. The van der Waals surface area contributed by atoms with Crippen LogP contribution in [0.4, 0.5) is 4.39 Å². The second-order valence-electron chi connectivity index (χ2n) is 5.61. The van der Waals surface area contributed by atoms with Gasteiger partial charge in [-0.2, -0.15) is 5.26 Å². The fraction of sp³-hybridized carbons (Fsp3) is 0.500. The van der Waals surface area contributed by atoms with Crippen LogP contribution in [0, 0.1) is 24.1 Å². The molecule has 0 fully saturated rings. The highest BCUT2D eigenvalue weighted by molar-refractivity contribution is 6.47. The number of nitrogens with zero attached hydrogens (tertiary/aromatic N) is 1. The van der Waals surface area contributed by atoms with Gasteiger partial charge in [0.2, 0.25) is 0 Å². The summed E-state index contributed by atoms with van der Waals surface area (Å²) in [6.45, 7) is 8.56. The van der Waals surface area contributed by atoms with Gasteiger partial charge in [-0.25, -0.2) is 4.39 Å². The van der Waals surface area contributed by atoms with E-state index in [1.807, 2.05) is 0 Å². The van der Waals surface area contributed by atoms with Gasteiger partial charge < -0.3 is 9.76 Å². The molecule has 19 heavy (non-hydrogen) atoms. The van der Waals surface area contributed by atoms with Crippen molar-refractivity contribution in [1.82, 2.24) is 0 Å². The van der Waals surface area contributed by atoms with Gasteiger partial charge in [0, 0.05) is 0 Å². The Balaban J connectivity index is 2.91. The predicted octanol–water partition coefficient (Wildman–Crippen LogP) is 1.82. The van der Waals surface area contributed by atoms with Crippen LogP contribution < -0.4 is 5.46 Å². The molecular formula is C14H18BFNO2. The summed E-state index contributed by atoms with van der Waals surface area (Å²) in [6.07, 6.45) is 0. The molecule has 1 N–H and O–H groups in total. The molecule has 0 heterocycles. The molecule has 0 saturated heterocycles. The van der Waals surface area contributed by atoms with Gasteiger partial charge in [0.15, 0.2) is 0 Å². The third-order valence-electron chi connectivity index (χ3n) is 3.43. The fourth-order valence-electron chi connectivity index (χ4n) is 1.26. The molecule has 5 heteroatoms. The van der Waals surface area contributed by atoms with Crippen LogP contribution in [0.1, 0.15) is 38.8 Å². The Morgan fingerprint density at radius 3 is 2.37 bits per heavy atom. The maximum atomic E-state index is 13.5. The fourth-order valence-corrected chi connectivity index (χ4v) is 1.26. The lowest BCUT2D eigenvalue weighted by Gasteiger charge is -2.37. The van der Waals surface area contributed by atoms with E-state index >= 15 is 0 Å². The summed E-state index contributed by atoms with van der Waals surface area (Å²) in [5.74, 6) is -0.580. The van der Waals surface area contributed by atoms with E-state index < -0.39 is 17.0 Å². The SMILES string of the molecule is Cc1cc(C#N)c(F)cc1[B]OC(C)(C)C(C)(C)O. The number of rotatable bonds is 4. The minimum Gasteiger partial charge on any atom is -0.427 e. The molecular weight excluding hydrogens is 244 g/mol. The van der Waals surface area contributed by atoms with E-state index in [0.717, 1.165) is 5.56 Å². The maximum Gasteiger partial charge on any atom is 0.331 e. The zero-order chi connectivity index (χ0) is 14.8. The third kappa shape index (κ3) is 3.56. The molecule has 0 spiro atoms. The Morgan fingerprint density at radius 1 is 1.32 bits per heavy atom. The normalized spacial score (nSPS) is 12.1. The third-order valence-corrected chi connectivity index (χ3v) is 3.43. The second kappa shape index (κ2) is 5.32. The summed E-state index contributed by atoms with van der Waals surface area (Å²) >= 11 is 0. The van der Waals surface area contributed by atoms with E-state index in [9.17, 15) is 9.50 Å². The van der Waals surface area contributed by atoms with E-state index in [0.29, 0.717) is 5.46 Å². The zero-order valence-electron chi connectivity index (χ0n) is 11.9. The van der Waals surface area contributed by atoms with Crippen molar-refractivity contribution in [3.63, 3.8) is 0 Å². The van der Waals surface area contributed by atoms with Crippen LogP contribution in [0.2, 0.25) is 0 Å². The molecule has 1 rings (SSSR count). The first-order valence-corrected chi connectivity index (χ1v) is 6.02. The van der Waals surface area contributed by atoms with Gasteiger partial charge in [-0.05, 0) is 52.2 Å². The van der Waals surface area contributed by atoms with Gasteiger partial charge in [0.05, 0.1) is 16.8 Å². The van der Waals surface area contributed by atoms with E-state index in [1.165, 1.54) is 19.6 Å². The van der Waals surface area contributed by atoms with E-state index in [4.69, 9.17) is 9.92 Å². The molecule has 0 saturated carbocycles. The summed E-state index contributed by atoms with van der Waals surface area (Å²) in [7, 11) is 1.41. The van der Waals surface area contributed by atoms with Gasteiger partial charge in [0.1, 0.15) is 11.9 Å². The lowest BCUT2D eigenvalue weighted by molar-refractivity contribution is -0.0893. The summed E-state index contributed by atoms with van der Waals surface area (Å²) < 4.78 is 19.1. The molecule has 3 nitrogen and oxygen atoms in total. The molecule has 0 atom stereocenters. The van der Waals surface area contributed by atoms with Crippen LogP contribution in [-0.2, 0) is 4.65 Å². The topological polar surface area (TPSA) is 53.2 Å². The van der Waals surface area contributed by atoms with Crippen LogP contribution >= 0.6 is 0 Å². The summed E-state index contributed by atoms with van der Waals surface area (Å²) in [6, 6.07) is 4.52. The van der Waals surface area contributed by atoms with Crippen LogP contribution in [-0.4, -0.2) is 23.8 Å². The van der Waals surface area contributed by atoms with Crippen LogP contribution in [0.15, 0.2) is 12.1 Å². The summed E-state index contributed by atoms with van der Waals surface area (Å²) in [5, 5.41) is 18.7. The van der Waals surface area contributed by atoms with Crippen molar-refractivity contribution in [1.29, 1.82) is 5.26 Å². The second-order valence-corrected chi connectivity index (χ2v) is 5.61. The number of benzene rings is 1. The number of nitriles is 1. The highest BCUT2D eigenvalue weighted by Crippen LogP contribution is 2.24. The van der Waals surface area contributed by atoms with Crippen molar-refractivity contribution in [2.75, 3.05) is 0 Å².